The van der Waals surface area contributed by atoms with Crippen LogP contribution >= 0.6 is 0 Å². The van der Waals surface area contributed by atoms with Crippen LogP contribution in [0.1, 0.15) is 54.4 Å². The highest BCUT2D eigenvalue weighted by molar-refractivity contribution is 5.97. The molecule has 1 aliphatic carbocycles. The molecule has 1 N–H and O–H groups in total. The first-order valence-corrected chi connectivity index (χ1v) is 9.52. The summed E-state index contributed by atoms with van der Waals surface area (Å²) < 4.78 is 5.44. The fourth-order valence-electron chi connectivity index (χ4n) is 3.34. The van der Waals surface area contributed by atoms with Gasteiger partial charge < -0.3 is 14.9 Å². The standard InChI is InChI=1S/C20H31N3O5/c1-8-14-10-20(14,13(4)24)21-17(25)16-9-15(28-22-12(2)3)11-23(16)18(26)27-19(5,6)7/h8,14-16H,1,9-11H2,2-7H3,(H,21,25)/t14?,15-,16+,20+/m1/s1. The van der Waals surface area contributed by atoms with Crippen molar-refractivity contribution in [2.45, 2.75) is 77.7 Å². The number of carbonyl (C=O) groups is 3. The van der Waals surface area contributed by atoms with E-state index in [1.807, 2.05) is 0 Å². The van der Waals surface area contributed by atoms with Gasteiger partial charge in [-0.15, -0.1) is 6.58 Å². The second-order valence-electron chi connectivity index (χ2n) is 8.71. The molecule has 2 amide bonds. The average Bonchev–Trinajstić information content (AvgIpc) is 3.10. The van der Waals surface area contributed by atoms with Crippen LogP contribution in [0.4, 0.5) is 4.79 Å². The minimum absolute atomic E-state index is 0.0929. The zero-order chi connectivity index (χ0) is 21.3. The van der Waals surface area contributed by atoms with E-state index < -0.39 is 35.3 Å². The molecule has 8 heteroatoms. The summed E-state index contributed by atoms with van der Waals surface area (Å²) in [6.45, 7) is 14.2. The van der Waals surface area contributed by atoms with Crippen LogP contribution in [0.25, 0.3) is 0 Å². The Balaban J connectivity index is 2.17. The molecule has 1 unspecified atom stereocenters. The van der Waals surface area contributed by atoms with Crippen LogP contribution in [-0.4, -0.2) is 58.2 Å². The summed E-state index contributed by atoms with van der Waals surface area (Å²) in [6, 6.07) is -0.797. The molecule has 4 atom stereocenters. The van der Waals surface area contributed by atoms with Gasteiger partial charge >= 0.3 is 6.09 Å². The number of ketones is 1. The van der Waals surface area contributed by atoms with Gasteiger partial charge in [0.25, 0.3) is 0 Å². The van der Waals surface area contributed by atoms with Gasteiger partial charge in [0.15, 0.2) is 5.78 Å². The Morgan fingerprint density at radius 1 is 1.25 bits per heavy atom. The molecule has 0 spiro atoms. The minimum Gasteiger partial charge on any atom is -0.444 e. The van der Waals surface area contributed by atoms with E-state index in [4.69, 9.17) is 9.57 Å². The molecule has 0 aromatic heterocycles. The molecule has 2 aliphatic rings. The fraction of sp³-hybridized carbons (Fsp3) is 0.700. The van der Waals surface area contributed by atoms with Gasteiger partial charge in [-0.1, -0.05) is 11.2 Å². The Morgan fingerprint density at radius 2 is 1.89 bits per heavy atom. The van der Waals surface area contributed by atoms with E-state index in [-0.39, 0.29) is 24.7 Å². The van der Waals surface area contributed by atoms with E-state index >= 15 is 0 Å². The van der Waals surface area contributed by atoms with Crippen LogP contribution in [-0.2, 0) is 19.2 Å². The summed E-state index contributed by atoms with van der Waals surface area (Å²) in [5.74, 6) is -0.606. The summed E-state index contributed by atoms with van der Waals surface area (Å²) in [4.78, 5) is 44.5. The molecule has 1 saturated heterocycles. The van der Waals surface area contributed by atoms with E-state index in [0.29, 0.717) is 6.42 Å². The zero-order valence-electron chi connectivity index (χ0n) is 17.6. The monoisotopic (exact) mass is 393 g/mol. The number of amides is 2. The molecule has 1 heterocycles. The third-order valence-electron chi connectivity index (χ3n) is 4.85. The molecule has 28 heavy (non-hydrogen) atoms. The minimum atomic E-state index is -0.921. The van der Waals surface area contributed by atoms with E-state index in [2.05, 4.69) is 17.1 Å². The maximum atomic E-state index is 13.0. The average molecular weight is 393 g/mol. The van der Waals surface area contributed by atoms with Crippen LogP contribution in [0.3, 0.4) is 0 Å². The molecule has 2 rings (SSSR count). The lowest BCUT2D eigenvalue weighted by molar-refractivity contribution is -0.130. The lowest BCUT2D eigenvalue weighted by Gasteiger charge is -2.28. The summed E-state index contributed by atoms with van der Waals surface area (Å²) >= 11 is 0. The van der Waals surface area contributed by atoms with Gasteiger partial charge in [-0.3, -0.25) is 14.5 Å². The van der Waals surface area contributed by atoms with Crippen molar-refractivity contribution in [2.75, 3.05) is 6.54 Å². The number of ether oxygens (including phenoxy) is 1. The predicted molar refractivity (Wildman–Crippen MR) is 105 cm³/mol. The molecule has 156 valence electrons. The van der Waals surface area contributed by atoms with Gasteiger partial charge in [-0.05, 0) is 48.0 Å². The number of nitrogens with zero attached hydrogens (tertiary/aromatic N) is 2. The largest absolute Gasteiger partial charge is 0.444 e. The maximum Gasteiger partial charge on any atom is 0.411 e. The Bertz CT molecular complexity index is 692. The predicted octanol–water partition coefficient (Wildman–Crippen LogP) is 2.43. The normalized spacial score (nSPS) is 28.9. The van der Waals surface area contributed by atoms with Gasteiger partial charge in [0, 0.05) is 12.3 Å². The Hall–Kier alpha value is -2.38. The molecule has 0 radical (unpaired) electrons. The molecular formula is C20H31N3O5. The maximum absolute atomic E-state index is 13.0. The van der Waals surface area contributed by atoms with Gasteiger partial charge in [-0.25, -0.2) is 4.79 Å². The molecule has 0 aromatic carbocycles. The van der Waals surface area contributed by atoms with Crippen molar-refractivity contribution in [1.82, 2.24) is 10.2 Å². The van der Waals surface area contributed by atoms with Crippen molar-refractivity contribution in [1.29, 1.82) is 0 Å². The van der Waals surface area contributed by atoms with E-state index in [1.165, 1.54) is 11.8 Å². The van der Waals surface area contributed by atoms with Gasteiger partial charge in [0.2, 0.25) is 5.91 Å². The zero-order valence-corrected chi connectivity index (χ0v) is 17.6. The number of Topliss-reactive ketones (excluding diaryl/α,β-unsaturated/α-hetero) is 1. The first-order valence-electron chi connectivity index (χ1n) is 9.52. The second-order valence-corrected chi connectivity index (χ2v) is 8.71. The van der Waals surface area contributed by atoms with Crippen LogP contribution in [0.2, 0.25) is 0 Å². The Labute approximate surface area is 166 Å². The van der Waals surface area contributed by atoms with Crippen molar-refractivity contribution < 1.29 is 24.0 Å². The first kappa shape index (κ1) is 21.9. The van der Waals surface area contributed by atoms with Gasteiger partial charge in [-0.2, -0.15) is 0 Å². The summed E-state index contributed by atoms with van der Waals surface area (Å²) in [5.41, 5.74) is -0.880. The number of hydrogen-bond donors (Lipinski definition) is 1. The summed E-state index contributed by atoms with van der Waals surface area (Å²) in [5, 5.41) is 6.79. The van der Waals surface area contributed by atoms with Crippen molar-refractivity contribution >= 4 is 23.5 Å². The Morgan fingerprint density at radius 3 is 2.36 bits per heavy atom. The molecule has 8 nitrogen and oxygen atoms in total. The van der Waals surface area contributed by atoms with Crippen molar-refractivity contribution in [3.05, 3.63) is 12.7 Å². The number of oxime groups is 1. The highest BCUT2D eigenvalue weighted by Gasteiger charge is 2.58. The third-order valence-corrected chi connectivity index (χ3v) is 4.85. The molecule has 2 fully saturated rings. The second kappa shape index (κ2) is 7.93. The molecule has 0 bridgehead atoms. The molecule has 0 aromatic rings. The Kier molecular flexibility index (Phi) is 6.21. The SMILES string of the molecule is C=CC1C[C@]1(NC(=O)[C@@H]1C[C@@H](ON=C(C)C)CN1C(=O)OC(C)(C)C)C(C)=O. The number of hydrogen-bond acceptors (Lipinski definition) is 6. The topological polar surface area (TPSA) is 97.3 Å². The quantitative estimate of drug-likeness (QED) is 0.425. The van der Waals surface area contributed by atoms with E-state index in [9.17, 15) is 14.4 Å². The number of nitrogens with one attached hydrogen (secondary N) is 1. The number of likely N-dealkylation sites (tertiary alicyclic amines) is 1. The first-order chi connectivity index (χ1) is 12.9. The molecule has 1 saturated carbocycles. The fourth-order valence-corrected chi connectivity index (χ4v) is 3.34. The van der Waals surface area contributed by atoms with Crippen molar-refractivity contribution in [3.63, 3.8) is 0 Å². The summed E-state index contributed by atoms with van der Waals surface area (Å²) in [7, 11) is 0. The van der Waals surface area contributed by atoms with Gasteiger partial charge in [0.1, 0.15) is 23.3 Å². The molecule has 1 aliphatic heterocycles. The van der Waals surface area contributed by atoms with Gasteiger partial charge in [0.05, 0.1) is 12.3 Å². The van der Waals surface area contributed by atoms with Crippen LogP contribution < -0.4 is 5.32 Å². The van der Waals surface area contributed by atoms with Crippen LogP contribution in [0.15, 0.2) is 17.8 Å². The van der Waals surface area contributed by atoms with Crippen molar-refractivity contribution in [2.24, 2.45) is 11.1 Å². The molecular weight excluding hydrogens is 362 g/mol. The lowest BCUT2D eigenvalue weighted by Crippen LogP contribution is -2.53. The number of rotatable bonds is 6. The lowest BCUT2D eigenvalue weighted by atomic mass is 10.1. The highest BCUT2D eigenvalue weighted by Crippen LogP contribution is 2.45. The van der Waals surface area contributed by atoms with Crippen LogP contribution in [0.5, 0.6) is 0 Å². The van der Waals surface area contributed by atoms with Crippen LogP contribution in [0, 0.1) is 5.92 Å². The smallest absolute Gasteiger partial charge is 0.411 e. The van der Waals surface area contributed by atoms with Crippen molar-refractivity contribution in [3.8, 4) is 0 Å². The van der Waals surface area contributed by atoms with E-state index in [1.54, 1.807) is 40.7 Å². The highest BCUT2D eigenvalue weighted by atomic mass is 16.6. The summed E-state index contributed by atoms with van der Waals surface area (Å²) in [6.07, 6.45) is 1.45. The third kappa shape index (κ3) is 4.91. The number of carbonyl (C=O) groups excluding carboxylic acids is 3. The van der Waals surface area contributed by atoms with E-state index in [0.717, 1.165) is 5.71 Å².